The predicted octanol–water partition coefficient (Wildman–Crippen LogP) is 0.779. The van der Waals surface area contributed by atoms with Gasteiger partial charge in [-0.2, -0.15) is 5.10 Å². The molecule has 3 aliphatic heterocycles. The number of hydrogen-bond acceptors (Lipinski definition) is 7. The summed E-state index contributed by atoms with van der Waals surface area (Å²) in [5, 5.41) is 10.9. The molecule has 0 bridgehead atoms. The number of piperidine rings is 1. The molecular weight excluding hydrogens is 390 g/mol. The Kier molecular flexibility index (Phi) is 7.78. The molecule has 10 nitrogen and oxygen atoms in total. The summed E-state index contributed by atoms with van der Waals surface area (Å²) in [5.41, 5.74) is -0.359. The third kappa shape index (κ3) is 5.56. The summed E-state index contributed by atoms with van der Waals surface area (Å²) in [6.45, 7) is 4.89. The van der Waals surface area contributed by atoms with E-state index < -0.39 is 0 Å². The number of aromatic nitrogens is 3. The molecule has 0 aromatic carbocycles. The lowest BCUT2D eigenvalue weighted by molar-refractivity contribution is -0.152. The molecule has 1 amide bonds. The Hall–Kier alpha value is -2.49. The minimum Gasteiger partial charge on any atom is -0.483 e. The number of carbonyl (C=O) groups is 3. The van der Waals surface area contributed by atoms with E-state index in [4.69, 9.17) is 14.6 Å². The largest absolute Gasteiger partial charge is 0.483 e. The number of hydrogen-bond donors (Lipinski definition) is 1. The van der Waals surface area contributed by atoms with Gasteiger partial charge in [-0.25, -0.2) is 4.98 Å². The Morgan fingerprint density at radius 3 is 2.60 bits per heavy atom. The van der Waals surface area contributed by atoms with Crippen LogP contribution in [0.25, 0.3) is 0 Å². The summed E-state index contributed by atoms with van der Waals surface area (Å²) in [5.74, 6) is 0.134. The molecule has 166 valence electrons. The lowest BCUT2D eigenvalue weighted by atomic mass is 9.76. The quantitative estimate of drug-likeness (QED) is 0.529. The first-order valence-corrected chi connectivity index (χ1v) is 10.7. The van der Waals surface area contributed by atoms with Crippen LogP contribution >= 0.6 is 0 Å². The molecule has 4 rings (SSSR count). The topological polar surface area (TPSA) is 118 Å². The molecule has 1 N–H and O–H groups in total. The van der Waals surface area contributed by atoms with E-state index in [0.717, 1.165) is 45.3 Å². The minimum atomic E-state index is -0.359. The first kappa shape index (κ1) is 22.2. The van der Waals surface area contributed by atoms with Crippen LogP contribution in [0.5, 0.6) is 0 Å². The van der Waals surface area contributed by atoms with Crippen LogP contribution in [-0.4, -0.2) is 86.8 Å². The number of likely N-dealkylation sites (tertiary alicyclic amines) is 2. The maximum absolute atomic E-state index is 12.6. The van der Waals surface area contributed by atoms with E-state index in [1.807, 2.05) is 4.90 Å². The molecule has 1 atom stereocenters. The van der Waals surface area contributed by atoms with E-state index in [1.54, 1.807) is 11.0 Å². The van der Waals surface area contributed by atoms with Gasteiger partial charge in [-0.3, -0.25) is 24.0 Å². The summed E-state index contributed by atoms with van der Waals surface area (Å²) in [6.07, 6.45) is 9.24. The van der Waals surface area contributed by atoms with Crippen LogP contribution in [0.3, 0.4) is 0 Å². The highest BCUT2D eigenvalue weighted by Gasteiger charge is 2.51. The van der Waals surface area contributed by atoms with Crippen molar-refractivity contribution in [3.8, 4) is 0 Å². The SMILES string of the molecule is O=C(CCCn1cncn1)N1CCC2(CC1)CC(CN1CCCC1)OC2=O.O=CO. The van der Waals surface area contributed by atoms with Crippen molar-refractivity contribution in [2.75, 3.05) is 32.7 Å². The van der Waals surface area contributed by atoms with Crippen LogP contribution in [0.1, 0.15) is 44.9 Å². The Bertz CT molecular complexity index is 696. The molecule has 1 spiro atoms. The van der Waals surface area contributed by atoms with Gasteiger partial charge in [-0.1, -0.05) is 0 Å². The molecule has 3 fully saturated rings. The summed E-state index contributed by atoms with van der Waals surface area (Å²) < 4.78 is 7.46. The van der Waals surface area contributed by atoms with Crippen molar-refractivity contribution in [2.24, 2.45) is 5.41 Å². The Morgan fingerprint density at radius 2 is 1.97 bits per heavy atom. The second-order valence-electron chi connectivity index (χ2n) is 8.27. The van der Waals surface area contributed by atoms with Crippen molar-refractivity contribution in [1.82, 2.24) is 24.6 Å². The molecule has 4 heterocycles. The third-order valence-corrected chi connectivity index (χ3v) is 6.30. The fourth-order valence-corrected chi connectivity index (χ4v) is 4.68. The van der Waals surface area contributed by atoms with Gasteiger partial charge in [0.1, 0.15) is 18.8 Å². The van der Waals surface area contributed by atoms with Gasteiger partial charge in [0.25, 0.3) is 6.47 Å². The van der Waals surface area contributed by atoms with Crippen molar-refractivity contribution < 1.29 is 24.2 Å². The lowest BCUT2D eigenvalue weighted by Crippen LogP contribution is -2.45. The fourth-order valence-electron chi connectivity index (χ4n) is 4.68. The molecule has 0 radical (unpaired) electrons. The van der Waals surface area contributed by atoms with Crippen LogP contribution in [0.2, 0.25) is 0 Å². The third-order valence-electron chi connectivity index (χ3n) is 6.30. The number of rotatable bonds is 6. The molecule has 0 saturated carbocycles. The van der Waals surface area contributed by atoms with Gasteiger partial charge in [0, 0.05) is 39.0 Å². The van der Waals surface area contributed by atoms with Gasteiger partial charge in [0.2, 0.25) is 5.91 Å². The van der Waals surface area contributed by atoms with E-state index in [0.29, 0.717) is 26.1 Å². The van der Waals surface area contributed by atoms with E-state index in [-0.39, 0.29) is 29.9 Å². The van der Waals surface area contributed by atoms with Gasteiger partial charge in [-0.05, 0) is 45.2 Å². The van der Waals surface area contributed by atoms with Gasteiger partial charge in [-0.15, -0.1) is 0 Å². The monoisotopic (exact) mass is 421 g/mol. The highest BCUT2D eigenvalue weighted by atomic mass is 16.6. The number of amides is 1. The standard InChI is InChI=1S/C19H29N5O3.CH2O2/c25-17(4-3-9-24-15-20-14-21-24)23-10-5-19(6-11-23)12-16(27-18(19)26)13-22-7-1-2-8-22;2-1-3/h14-16H,1-13H2;1H,(H,2,3). The lowest BCUT2D eigenvalue weighted by Gasteiger charge is -2.36. The smallest absolute Gasteiger partial charge is 0.312 e. The normalized spacial score (nSPS) is 23.1. The number of carboxylic acid groups (broad SMARTS) is 1. The summed E-state index contributed by atoms with van der Waals surface area (Å²) >= 11 is 0. The molecule has 10 heteroatoms. The Morgan fingerprint density at radius 1 is 1.27 bits per heavy atom. The fraction of sp³-hybridized carbons (Fsp3) is 0.750. The van der Waals surface area contributed by atoms with Crippen LogP contribution in [-0.2, 0) is 25.7 Å². The highest BCUT2D eigenvalue weighted by molar-refractivity contribution is 5.80. The van der Waals surface area contributed by atoms with Gasteiger partial charge in [0.15, 0.2) is 0 Å². The van der Waals surface area contributed by atoms with Crippen LogP contribution in [0.4, 0.5) is 0 Å². The van der Waals surface area contributed by atoms with Gasteiger partial charge < -0.3 is 14.7 Å². The van der Waals surface area contributed by atoms with Crippen LogP contribution in [0, 0.1) is 5.41 Å². The predicted molar refractivity (Wildman–Crippen MR) is 106 cm³/mol. The first-order chi connectivity index (χ1) is 14.6. The second-order valence-corrected chi connectivity index (χ2v) is 8.27. The zero-order valence-corrected chi connectivity index (χ0v) is 17.3. The Balaban J connectivity index is 0.000000806. The van der Waals surface area contributed by atoms with Gasteiger partial charge >= 0.3 is 5.97 Å². The van der Waals surface area contributed by atoms with E-state index in [2.05, 4.69) is 15.0 Å². The van der Waals surface area contributed by atoms with Crippen molar-refractivity contribution in [2.45, 2.75) is 57.6 Å². The van der Waals surface area contributed by atoms with Crippen molar-refractivity contribution in [3.63, 3.8) is 0 Å². The molecule has 3 aliphatic rings. The highest BCUT2D eigenvalue weighted by Crippen LogP contribution is 2.43. The zero-order chi connectivity index (χ0) is 21.4. The van der Waals surface area contributed by atoms with E-state index in [9.17, 15) is 9.59 Å². The number of esters is 1. The summed E-state index contributed by atoms with van der Waals surface area (Å²) in [4.78, 5) is 41.6. The van der Waals surface area contributed by atoms with Crippen LogP contribution in [0.15, 0.2) is 12.7 Å². The summed E-state index contributed by atoms with van der Waals surface area (Å²) in [7, 11) is 0. The van der Waals surface area contributed by atoms with Gasteiger partial charge in [0.05, 0.1) is 5.41 Å². The number of ether oxygens (including phenoxy) is 1. The van der Waals surface area contributed by atoms with Crippen molar-refractivity contribution in [3.05, 3.63) is 12.7 Å². The summed E-state index contributed by atoms with van der Waals surface area (Å²) in [6, 6.07) is 0. The minimum absolute atomic E-state index is 0.0283. The average Bonchev–Trinajstić information content (AvgIpc) is 3.47. The number of aryl methyl sites for hydroxylation is 1. The molecule has 1 unspecified atom stereocenters. The molecular formula is C20H31N5O5. The number of nitrogens with zero attached hydrogens (tertiary/aromatic N) is 5. The Labute approximate surface area is 176 Å². The molecule has 1 aromatic heterocycles. The molecule has 3 saturated heterocycles. The van der Waals surface area contributed by atoms with E-state index in [1.165, 1.54) is 19.2 Å². The maximum atomic E-state index is 12.6. The van der Waals surface area contributed by atoms with Crippen molar-refractivity contribution in [1.29, 1.82) is 0 Å². The van der Waals surface area contributed by atoms with Crippen molar-refractivity contribution >= 4 is 18.3 Å². The number of carbonyl (C=O) groups excluding carboxylic acids is 2. The van der Waals surface area contributed by atoms with Crippen LogP contribution < -0.4 is 0 Å². The number of cyclic esters (lactones) is 1. The first-order valence-electron chi connectivity index (χ1n) is 10.7. The molecule has 30 heavy (non-hydrogen) atoms. The zero-order valence-electron chi connectivity index (χ0n) is 17.3. The second kappa shape index (κ2) is 10.5. The molecule has 0 aliphatic carbocycles. The maximum Gasteiger partial charge on any atom is 0.312 e. The molecule has 1 aromatic rings. The average molecular weight is 421 g/mol. The van der Waals surface area contributed by atoms with E-state index >= 15 is 0 Å².